The van der Waals surface area contributed by atoms with Crippen LogP contribution in [0.4, 0.5) is 29.3 Å². The second-order valence-electron chi connectivity index (χ2n) is 9.11. The molecule has 3 aromatic carbocycles. The number of nitrogens with one attached hydrogen (secondary N) is 3. The van der Waals surface area contributed by atoms with Gasteiger partial charge < -0.3 is 25.6 Å². The zero-order valence-electron chi connectivity index (χ0n) is 21.4. The van der Waals surface area contributed by atoms with Crippen LogP contribution in [0.5, 0.6) is 0 Å². The first-order valence-corrected chi connectivity index (χ1v) is 12.8. The summed E-state index contributed by atoms with van der Waals surface area (Å²) in [5.41, 5.74) is 1.73. The van der Waals surface area contributed by atoms with Crippen molar-refractivity contribution in [3.8, 4) is 0 Å². The lowest BCUT2D eigenvalue weighted by molar-refractivity contribution is -0.137. The minimum Gasteiger partial charge on any atom is -0.486 e. The van der Waals surface area contributed by atoms with Crippen molar-refractivity contribution in [2.24, 2.45) is 0 Å². The average molecular weight is 593 g/mol. The molecule has 0 spiro atoms. The van der Waals surface area contributed by atoms with Gasteiger partial charge in [0.15, 0.2) is 10.8 Å². The van der Waals surface area contributed by atoms with Crippen molar-refractivity contribution < 1.29 is 27.5 Å². The molecule has 210 valence electrons. The van der Waals surface area contributed by atoms with Crippen molar-refractivity contribution in [1.82, 2.24) is 10.2 Å². The summed E-state index contributed by atoms with van der Waals surface area (Å²) in [6, 6.07) is 17.8. The number of anilines is 2. The number of fused-ring (bicyclic) bond motifs is 1. The monoisotopic (exact) mass is 592 g/mol. The molecule has 3 aromatic rings. The van der Waals surface area contributed by atoms with E-state index in [2.05, 4.69) is 16.0 Å². The number of hydrogen-bond donors (Lipinski definition) is 3. The second-order valence-corrected chi connectivity index (χ2v) is 10.3. The molecule has 4 rings (SSSR count). The minimum atomic E-state index is -4.49. The first kappa shape index (κ1) is 29.1. The van der Waals surface area contributed by atoms with E-state index < -0.39 is 35.2 Å². The van der Waals surface area contributed by atoms with Gasteiger partial charge >= 0.3 is 12.2 Å². The predicted octanol–water partition coefficient (Wildman–Crippen LogP) is 6.90. The largest absolute Gasteiger partial charge is 0.486 e. The summed E-state index contributed by atoms with van der Waals surface area (Å²) in [7, 11) is 1.50. The summed E-state index contributed by atoms with van der Waals surface area (Å²) in [6.45, 7) is 1.42. The highest BCUT2D eigenvalue weighted by molar-refractivity contribution is 6.31. The first-order valence-electron chi connectivity index (χ1n) is 12.0. The van der Waals surface area contributed by atoms with E-state index in [9.17, 15) is 22.8 Å². The second kappa shape index (κ2) is 11.7. The molecule has 0 aliphatic carbocycles. The van der Waals surface area contributed by atoms with Crippen LogP contribution in [0.25, 0.3) is 5.76 Å². The Balaban J connectivity index is 1.53. The Morgan fingerprint density at radius 3 is 2.38 bits per heavy atom. The minimum absolute atomic E-state index is 0.129. The van der Waals surface area contributed by atoms with Gasteiger partial charge in [-0.3, -0.25) is 4.79 Å². The molecule has 3 amide bonds. The number of urea groups is 1. The fourth-order valence-electron chi connectivity index (χ4n) is 4.13. The van der Waals surface area contributed by atoms with Crippen LogP contribution < -0.4 is 16.0 Å². The number of alkyl halides is 4. The summed E-state index contributed by atoms with van der Waals surface area (Å²) in [5.74, 6) is -0.194. The molecule has 1 atom stereocenters. The van der Waals surface area contributed by atoms with E-state index in [4.69, 9.17) is 27.9 Å². The number of halogens is 5. The fourth-order valence-corrected chi connectivity index (χ4v) is 4.61. The summed E-state index contributed by atoms with van der Waals surface area (Å²) in [6.07, 6.45) is -4.49. The maximum Gasteiger partial charge on any atom is 0.416 e. The normalized spacial score (nSPS) is 16.5. The lowest BCUT2D eigenvalue weighted by atomic mass is 9.99. The topological polar surface area (TPSA) is 82.7 Å². The van der Waals surface area contributed by atoms with Gasteiger partial charge in [0.25, 0.3) is 0 Å². The van der Waals surface area contributed by atoms with Gasteiger partial charge in [0.2, 0.25) is 5.91 Å². The van der Waals surface area contributed by atoms with Gasteiger partial charge in [-0.2, -0.15) is 13.2 Å². The highest BCUT2D eigenvalue weighted by atomic mass is 35.5. The van der Waals surface area contributed by atoms with Gasteiger partial charge in [-0.25, -0.2) is 4.79 Å². The molecule has 0 fully saturated rings. The third-order valence-corrected chi connectivity index (χ3v) is 6.57. The fraction of sp³-hybridized carbons (Fsp3) is 0.214. The smallest absolute Gasteiger partial charge is 0.416 e. The maximum absolute atomic E-state index is 13.2. The van der Waals surface area contributed by atoms with Crippen LogP contribution in [0, 0.1) is 0 Å². The Morgan fingerprint density at radius 2 is 1.73 bits per heavy atom. The highest BCUT2D eigenvalue weighted by Gasteiger charge is 2.40. The Kier molecular flexibility index (Phi) is 8.51. The maximum atomic E-state index is 13.2. The van der Waals surface area contributed by atoms with Gasteiger partial charge in [0, 0.05) is 29.0 Å². The third-order valence-electron chi connectivity index (χ3n) is 6.06. The van der Waals surface area contributed by atoms with E-state index in [0.717, 1.165) is 29.8 Å². The molecule has 12 heteroatoms. The van der Waals surface area contributed by atoms with E-state index in [1.807, 2.05) is 30.3 Å². The highest BCUT2D eigenvalue weighted by Crippen LogP contribution is 2.44. The van der Waals surface area contributed by atoms with Crippen molar-refractivity contribution in [2.45, 2.75) is 24.7 Å². The molecule has 1 aliphatic rings. The molecule has 0 bridgehead atoms. The number of hydrogen-bond acceptors (Lipinski definition) is 4. The van der Waals surface area contributed by atoms with Gasteiger partial charge in [-0.1, -0.05) is 53.5 Å². The van der Waals surface area contributed by atoms with Crippen molar-refractivity contribution >= 4 is 52.3 Å². The number of amides is 3. The quantitative estimate of drug-likeness (QED) is 0.206. The van der Waals surface area contributed by atoms with Gasteiger partial charge in [-0.15, -0.1) is 0 Å². The molecule has 0 saturated carbocycles. The number of carbonyl (C=O) groups excluding carboxylic acids is 2. The molecular weight excluding hydrogens is 568 g/mol. The third kappa shape index (κ3) is 6.81. The number of rotatable bonds is 7. The Labute approximate surface area is 238 Å². The van der Waals surface area contributed by atoms with E-state index in [0.29, 0.717) is 27.7 Å². The summed E-state index contributed by atoms with van der Waals surface area (Å²) in [4.78, 5) is 25.5. The Bertz CT molecular complexity index is 1430. The van der Waals surface area contributed by atoms with Crippen molar-refractivity contribution in [3.63, 3.8) is 0 Å². The average Bonchev–Trinajstić information content (AvgIpc) is 2.90. The molecule has 3 N–H and O–H groups in total. The van der Waals surface area contributed by atoms with Crippen molar-refractivity contribution in [2.75, 3.05) is 24.2 Å². The van der Waals surface area contributed by atoms with Gasteiger partial charge in [0.1, 0.15) is 12.3 Å². The predicted molar refractivity (Wildman–Crippen MR) is 149 cm³/mol. The molecule has 0 saturated heterocycles. The number of likely N-dealkylation sites (N-methyl/N-ethyl adjacent to an activating group) is 1. The first-order chi connectivity index (χ1) is 18.8. The molecule has 7 nitrogen and oxygen atoms in total. The molecular formula is C28H25Cl2F3N4O3. The number of benzene rings is 3. The van der Waals surface area contributed by atoms with E-state index in [1.165, 1.54) is 11.9 Å². The number of carbonyl (C=O) groups is 2. The van der Waals surface area contributed by atoms with Crippen LogP contribution >= 0.6 is 23.2 Å². The Morgan fingerprint density at radius 1 is 1.05 bits per heavy atom. The molecule has 1 unspecified atom stereocenters. The SMILES string of the molecule is CN(C(=O)CNC(=O)Nc1ccc(C(F)(F)F)cc1)C1=C(OCc2ccccc2)c2cc(Cl)ccc2NC1(C)Cl. The molecule has 40 heavy (non-hydrogen) atoms. The van der Waals surface area contributed by atoms with Crippen molar-refractivity contribution in [1.29, 1.82) is 0 Å². The lowest BCUT2D eigenvalue weighted by Gasteiger charge is -2.39. The standard InChI is InChI=1S/C28H25Cl2F3N4O3/c1-27(30)25(24(40-16-17-6-4-3-5-7-17)21-14-19(29)10-13-22(21)36-27)37(2)23(38)15-34-26(39)35-20-11-8-18(9-12-20)28(31,32)33/h3-14,36H,15-16H2,1-2H3,(H2,34,35,39). The zero-order valence-corrected chi connectivity index (χ0v) is 22.9. The molecule has 1 heterocycles. The van der Waals surface area contributed by atoms with Crippen LogP contribution in [0.3, 0.4) is 0 Å². The summed E-state index contributed by atoms with van der Waals surface area (Å²) >= 11 is 13.2. The van der Waals surface area contributed by atoms with Crippen LogP contribution in [-0.2, 0) is 22.3 Å². The van der Waals surface area contributed by atoms with E-state index in [-0.39, 0.29) is 12.3 Å². The van der Waals surface area contributed by atoms with Crippen molar-refractivity contribution in [3.05, 3.63) is 100 Å². The van der Waals surface area contributed by atoms with E-state index in [1.54, 1.807) is 25.1 Å². The molecule has 0 aromatic heterocycles. The van der Waals surface area contributed by atoms with Crippen LogP contribution in [0.2, 0.25) is 5.02 Å². The Hall–Kier alpha value is -3.89. The zero-order chi connectivity index (χ0) is 29.1. The summed E-state index contributed by atoms with van der Waals surface area (Å²) in [5, 5.41) is 8.45. The van der Waals surface area contributed by atoms with Crippen LogP contribution in [0.1, 0.15) is 23.6 Å². The van der Waals surface area contributed by atoms with Gasteiger partial charge in [0.05, 0.1) is 12.1 Å². The molecule has 0 radical (unpaired) electrons. The molecule has 1 aliphatic heterocycles. The lowest BCUT2D eigenvalue weighted by Crippen LogP contribution is -2.47. The number of nitrogens with zero attached hydrogens (tertiary/aromatic N) is 1. The van der Waals surface area contributed by atoms with Crippen LogP contribution in [-0.4, -0.2) is 35.4 Å². The van der Waals surface area contributed by atoms with Crippen LogP contribution in [0.15, 0.2) is 78.5 Å². The van der Waals surface area contributed by atoms with Gasteiger partial charge in [-0.05, 0) is 55.0 Å². The number of ether oxygens (including phenoxy) is 1. The summed E-state index contributed by atoms with van der Waals surface area (Å²) < 4.78 is 44.5. The van der Waals surface area contributed by atoms with E-state index >= 15 is 0 Å².